The van der Waals surface area contributed by atoms with E-state index in [0.717, 1.165) is 12.1 Å². The van der Waals surface area contributed by atoms with Gasteiger partial charge >= 0.3 is 6.18 Å². The molecular weight excluding hydrogens is 262 g/mol. The van der Waals surface area contributed by atoms with E-state index < -0.39 is 17.6 Å². The molecule has 2 rings (SSSR count). The second-order valence-corrected chi connectivity index (χ2v) is 3.82. The third kappa shape index (κ3) is 3.15. The number of hydrogen-bond acceptors (Lipinski definition) is 2. The zero-order valence-corrected chi connectivity index (χ0v) is 9.54. The molecule has 2 aromatic rings. The van der Waals surface area contributed by atoms with Crippen LogP contribution in [0.1, 0.15) is 5.56 Å². The molecule has 0 saturated heterocycles. The largest absolute Gasteiger partial charge is 0.454 e. The highest BCUT2D eigenvalue weighted by atomic mass is 19.4. The van der Waals surface area contributed by atoms with Crippen molar-refractivity contribution < 1.29 is 22.3 Å². The van der Waals surface area contributed by atoms with E-state index in [1.54, 1.807) is 12.1 Å². The van der Waals surface area contributed by atoms with E-state index in [1.807, 2.05) is 0 Å². The van der Waals surface area contributed by atoms with Gasteiger partial charge in [-0.2, -0.15) is 13.2 Å². The average molecular weight is 271 g/mol. The van der Waals surface area contributed by atoms with Crippen molar-refractivity contribution in [3.63, 3.8) is 0 Å². The van der Waals surface area contributed by atoms with E-state index >= 15 is 0 Å². The van der Waals surface area contributed by atoms with Crippen molar-refractivity contribution in [1.29, 1.82) is 0 Å². The van der Waals surface area contributed by atoms with Crippen LogP contribution in [-0.4, -0.2) is 0 Å². The maximum absolute atomic E-state index is 13.5. The van der Waals surface area contributed by atoms with Gasteiger partial charge in [0.2, 0.25) is 0 Å². The fourth-order valence-corrected chi connectivity index (χ4v) is 1.46. The molecule has 2 N–H and O–H groups in total. The Kier molecular flexibility index (Phi) is 3.33. The van der Waals surface area contributed by atoms with Crippen LogP contribution >= 0.6 is 0 Å². The van der Waals surface area contributed by atoms with Crippen molar-refractivity contribution in [3.8, 4) is 11.5 Å². The fourth-order valence-electron chi connectivity index (χ4n) is 1.46. The third-order valence-corrected chi connectivity index (χ3v) is 2.35. The van der Waals surface area contributed by atoms with Crippen LogP contribution in [0.3, 0.4) is 0 Å². The standard InChI is InChI=1S/C13H9F4NO/c14-11-6-8(13(15,16)17)4-5-12(11)19-10-3-1-2-9(18)7-10/h1-7H,18H2. The molecule has 0 aromatic heterocycles. The summed E-state index contributed by atoms with van der Waals surface area (Å²) < 4.78 is 55.7. The molecule has 0 fully saturated rings. The van der Waals surface area contributed by atoms with E-state index in [4.69, 9.17) is 10.5 Å². The highest BCUT2D eigenvalue weighted by Crippen LogP contribution is 2.33. The molecule has 19 heavy (non-hydrogen) atoms. The summed E-state index contributed by atoms with van der Waals surface area (Å²) in [5.41, 5.74) is 4.85. The maximum atomic E-state index is 13.5. The molecule has 2 nitrogen and oxygen atoms in total. The van der Waals surface area contributed by atoms with Crippen LogP contribution in [0.4, 0.5) is 23.2 Å². The minimum Gasteiger partial charge on any atom is -0.454 e. The Labute approximate surface area is 106 Å². The molecular formula is C13H9F4NO. The maximum Gasteiger partial charge on any atom is 0.416 e. The number of alkyl halides is 3. The summed E-state index contributed by atoms with van der Waals surface area (Å²) in [6.45, 7) is 0. The zero-order chi connectivity index (χ0) is 14.0. The summed E-state index contributed by atoms with van der Waals surface area (Å²) >= 11 is 0. The summed E-state index contributed by atoms with van der Waals surface area (Å²) in [6, 6.07) is 8.24. The van der Waals surface area contributed by atoms with E-state index in [2.05, 4.69) is 0 Å². The lowest BCUT2D eigenvalue weighted by Gasteiger charge is -2.10. The molecule has 0 saturated carbocycles. The van der Waals surface area contributed by atoms with Crippen molar-refractivity contribution in [2.45, 2.75) is 6.18 Å². The van der Waals surface area contributed by atoms with Crippen LogP contribution in [0.2, 0.25) is 0 Å². The first-order chi connectivity index (χ1) is 8.86. The van der Waals surface area contributed by atoms with E-state index in [-0.39, 0.29) is 11.5 Å². The van der Waals surface area contributed by atoms with E-state index in [9.17, 15) is 17.6 Å². The number of rotatable bonds is 2. The molecule has 0 aliphatic carbocycles. The molecule has 0 bridgehead atoms. The number of ether oxygens (including phenoxy) is 1. The minimum absolute atomic E-state index is 0.249. The van der Waals surface area contributed by atoms with Crippen LogP contribution in [-0.2, 0) is 6.18 Å². The van der Waals surface area contributed by atoms with Crippen molar-refractivity contribution in [3.05, 3.63) is 53.8 Å². The molecule has 0 aliphatic heterocycles. The van der Waals surface area contributed by atoms with Crippen LogP contribution in [0, 0.1) is 5.82 Å². The summed E-state index contributed by atoms with van der Waals surface area (Å²) in [5.74, 6) is -1.13. The molecule has 0 radical (unpaired) electrons. The van der Waals surface area contributed by atoms with Crippen LogP contribution in [0.15, 0.2) is 42.5 Å². The van der Waals surface area contributed by atoms with Gasteiger partial charge in [-0.1, -0.05) is 6.07 Å². The Morgan fingerprint density at radius 2 is 1.74 bits per heavy atom. The zero-order valence-electron chi connectivity index (χ0n) is 9.54. The Morgan fingerprint density at radius 3 is 2.32 bits per heavy atom. The Morgan fingerprint density at radius 1 is 1.00 bits per heavy atom. The first-order valence-corrected chi connectivity index (χ1v) is 5.26. The number of nitrogens with two attached hydrogens (primary N) is 1. The van der Waals surface area contributed by atoms with Gasteiger partial charge in [-0.3, -0.25) is 0 Å². The molecule has 0 amide bonds. The molecule has 0 spiro atoms. The summed E-state index contributed by atoms with van der Waals surface area (Å²) in [6.07, 6.45) is -4.59. The number of hydrogen-bond donors (Lipinski definition) is 1. The molecule has 6 heteroatoms. The monoisotopic (exact) mass is 271 g/mol. The lowest BCUT2D eigenvalue weighted by Crippen LogP contribution is -2.05. The summed E-state index contributed by atoms with van der Waals surface area (Å²) in [4.78, 5) is 0. The van der Waals surface area contributed by atoms with Crippen molar-refractivity contribution >= 4 is 5.69 Å². The normalized spacial score (nSPS) is 11.4. The Bertz CT molecular complexity index is 595. The number of nitrogen functional groups attached to an aromatic ring is 1. The van der Waals surface area contributed by atoms with Gasteiger partial charge in [-0.15, -0.1) is 0 Å². The number of benzene rings is 2. The van der Waals surface area contributed by atoms with Gasteiger partial charge in [0.15, 0.2) is 11.6 Å². The van der Waals surface area contributed by atoms with Crippen molar-refractivity contribution in [1.82, 2.24) is 0 Å². The third-order valence-electron chi connectivity index (χ3n) is 2.35. The van der Waals surface area contributed by atoms with Crippen molar-refractivity contribution in [2.24, 2.45) is 0 Å². The quantitative estimate of drug-likeness (QED) is 0.655. The van der Waals surface area contributed by atoms with E-state index in [0.29, 0.717) is 11.8 Å². The van der Waals surface area contributed by atoms with Gasteiger partial charge in [0.1, 0.15) is 5.75 Å². The molecule has 100 valence electrons. The number of anilines is 1. The first kappa shape index (κ1) is 13.2. The molecule has 0 heterocycles. The Balaban J connectivity index is 2.27. The van der Waals surface area contributed by atoms with Gasteiger partial charge in [0.25, 0.3) is 0 Å². The lowest BCUT2D eigenvalue weighted by atomic mass is 10.2. The topological polar surface area (TPSA) is 35.2 Å². The first-order valence-electron chi connectivity index (χ1n) is 5.26. The lowest BCUT2D eigenvalue weighted by molar-refractivity contribution is -0.137. The molecule has 0 unspecified atom stereocenters. The fraction of sp³-hybridized carbons (Fsp3) is 0.0769. The van der Waals surface area contributed by atoms with Crippen molar-refractivity contribution in [2.75, 3.05) is 5.73 Å². The van der Waals surface area contributed by atoms with Gasteiger partial charge < -0.3 is 10.5 Å². The molecule has 2 aromatic carbocycles. The number of halogens is 4. The summed E-state index contributed by atoms with van der Waals surface area (Å²) in [5, 5.41) is 0. The minimum atomic E-state index is -4.59. The smallest absolute Gasteiger partial charge is 0.416 e. The Hall–Kier alpha value is -2.24. The SMILES string of the molecule is Nc1cccc(Oc2ccc(C(F)(F)F)cc2F)c1. The highest BCUT2D eigenvalue weighted by molar-refractivity contribution is 5.45. The molecule has 0 atom stereocenters. The van der Waals surface area contributed by atoms with Gasteiger partial charge in [0, 0.05) is 11.8 Å². The van der Waals surface area contributed by atoms with E-state index in [1.165, 1.54) is 12.1 Å². The molecule has 0 aliphatic rings. The second kappa shape index (κ2) is 4.79. The summed E-state index contributed by atoms with van der Waals surface area (Å²) in [7, 11) is 0. The van der Waals surface area contributed by atoms with Crippen LogP contribution in [0.25, 0.3) is 0 Å². The van der Waals surface area contributed by atoms with Gasteiger partial charge in [-0.25, -0.2) is 4.39 Å². The van der Waals surface area contributed by atoms with Crippen LogP contribution in [0.5, 0.6) is 11.5 Å². The average Bonchev–Trinajstić information content (AvgIpc) is 2.30. The van der Waals surface area contributed by atoms with Gasteiger partial charge in [0.05, 0.1) is 5.56 Å². The predicted molar refractivity (Wildman–Crippen MR) is 62.3 cm³/mol. The highest BCUT2D eigenvalue weighted by Gasteiger charge is 2.31. The van der Waals surface area contributed by atoms with Crippen LogP contribution < -0.4 is 10.5 Å². The second-order valence-electron chi connectivity index (χ2n) is 3.82. The van der Waals surface area contributed by atoms with Gasteiger partial charge in [-0.05, 0) is 30.3 Å². The predicted octanol–water partition coefficient (Wildman–Crippen LogP) is 4.22.